The summed E-state index contributed by atoms with van der Waals surface area (Å²) in [7, 11) is 0. The van der Waals surface area contributed by atoms with Gasteiger partial charge in [-0.15, -0.1) is 0 Å². The number of carbonyl (C=O) groups excluding carboxylic acids is 2. The van der Waals surface area contributed by atoms with Gasteiger partial charge in [0.05, 0.1) is 13.2 Å². The fraction of sp³-hybridized carbons (Fsp3) is 0.692. The Kier molecular flexibility index (Phi) is 11.4. The van der Waals surface area contributed by atoms with E-state index in [1.807, 2.05) is 0 Å². The van der Waals surface area contributed by atoms with E-state index in [9.17, 15) is 9.59 Å². The molecule has 0 amide bonds. The summed E-state index contributed by atoms with van der Waals surface area (Å²) in [6.45, 7) is 9.33. The summed E-state index contributed by atoms with van der Waals surface area (Å²) < 4.78 is 22.5. The van der Waals surface area contributed by atoms with Crippen molar-refractivity contribution in [2.24, 2.45) is 11.8 Å². The molecule has 1 heterocycles. The number of benzene rings is 1. The molecule has 1 aromatic carbocycles. The molecule has 0 saturated carbocycles. The second-order valence-electron chi connectivity index (χ2n) is 8.93. The van der Waals surface area contributed by atoms with Gasteiger partial charge in [-0.05, 0) is 49.7 Å². The topological polar surface area (TPSA) is 71.1 Å². The first-order valence-corrected chi connectivity index (χ1v) is 12.2. The molecule has 0 saturated heterocycles. The first kappa shape index (κ1) is 26.0. The SMILES string of the molecule is CCCC(C)CCCOC(=O)C1Oc2ccccc2OC1C(=O)OCCCC(C)CCC. The van der Waals surface area contributed by atoms with E-state index >= 15 is 0 Å². The predicted octanol–water partition coefficient (Wildman–Crippen LogP) is 5.71. The van der Waals surface area contributed by atoms with E-state index in [0.717, 1.165) is 51.4 Å². The van der Waals surface area contributed by atoms with Crippen LogP contribution >= 0.6 is 0 Å². The van der Waals surface area contributed by atoms with Gasteiger partial charge in [0.25, 0.3) is 0 Å². The van der Waals surface area contributed by atoms with Crippen LogP contribution in [0.3, 0.4) is 0 Å². The molecule has 32 heavy (non-hydrogen) atoms. The Morgan fingerprint density at radius 1 is 0.781 bits per heavy atom. The van der Waals surface area contributed by atoms with Crippen molar-refractivity contribution in [3.8, 4) is 11.5 Å². The lowest BCUT2D eigenvalue weighted by Gasteiger charge is -2.31. The molecule has 4 unspecified atom stereocenters. The second kappa shape index (κ2) is 14.0. The van der Waals surface area contributed by atoms with E-state index in [2.05, 4.69) is 27.7 Å². The number of ether oxygens (including phenoxy) is 4. The van der Waals surface area contributed by atoms with Crippen molar-refractivity contribution in [3.63, 3.8) is 0 Å². The highest BCUT2D eigenvalue weighted by atomic mass is 16.6. The molecule has 0 bridgehead atoms. The average Bonchev–Trinajstić information content (AvgIpc) is 2.78. The van der Waals surface area contributed by atoms with Crippen LogP contribution in [0.5, 0.6) is 11.5 Å². The normalized spacial score (nSPS) is 19.1. The molecular formula is C26H40O6. The lowest BCUT2D eigenvalue weighted by molar-refractivity contribution is -0.171. The summed E-state index contributed by atoms with van der Waals surface area (Å²) in [6.07, 6.45) is 5.81. The van der Waals surface area contributed by atoms with Gasteiger partial charge in [-0.25, -0.2) is 9.59 Å². The van der Waals surface area contributed by atoms with Crippen molar-refractivity contribution in [3.05, 3.63) is 24.3 Å². The highest BCUT2D eigenvalue weighted by Crippen LogP contribution is 2.34. The maximum Gasteiger partial charge on any atom is 0.351 e. The Bertz CT molecular complexity index is 644. The van der Waals surface area contributed by atoms with Gasteiger partial charge in [0.15, 0.2) is 11.5 Å². The third-order valence-electron chi connectivity index (χ3n) is 5.83. The fourth-order valence-corrected chi connectivity index (χ4v) is 4.03. The van der Waals surface area contributed by atoms with Crippen LogP contribution < -0.4 is 9.47 Å². The van der Waals surface area contributed by atoms with E-state index in [-0.39, 0.29) is 0 Å². The highest BCUT2D eigenvalue weighted by Gasteiger charge is 2.44. The summed E-state index contributed by atoms with van der Waals surface area (Å²) in [5.74, 6) is 0.847. The van der Waals surface area contributed by atoms with E-state index in [1.54, 1.807) is 24.3 Å². The van der Waals surface area contributed by atoms with Gasteiger partial charge in [0.2, 0.25) is 12.2 Å². The van der Waals surface area contributed by atoms with E-state index in [4.69, 9.17) is 18.9 Å². The molecule has 6 nitrogen and oxygen atoms in total. The number of fused-ring (bicyclic) bond motifs is 1. The number of para-hydroxylation sites is 2. The van der Waals surface area contributed by atoms with Crippen molar-refractivity contribution in [1.29, 1.82) is 0 Å². The van der Waals surface area contributed by atoms with Gasteiger partial charge < -0.3 is 18.9 Å². The quantitative estimate of drug-likeness (QED) is 0.268. The van der Waals surface area contributed by atoms with Gasteiger partial charge in [-0.1, -0.05) is 65.5 Å². The summed E-state index contributed by atoms with van der Waals surface area (Å²) in [5.41, 5.74) is 0. The lowest BCUT2D eigenvalue weighted by atomic mass is 10.0. The molecule has 2 rings (SSSR count). The molecule has 4 atom stereocenters. The minimum Gasteiger partial charge on any atom is -0.470 e. The van der Waals surface area contributed by atoms with Gasteiger partial charge >= 0.3 is 11.9 Å². The molecule has 0 radical (unpaired) electrons. The largest absolute Gasteiger partial charge is 0.470 e. The van der Waals surface area contributed by atoms with Crippen molar-refractivity contribution in [2.45, 2.75) is 91.3 Å². The molecule has 1 aromatic rings. The third kappa shape index (κ3) is 8.36. The highest BCUT2D eigenvalue weighted by molar-refractivity contribution is 5.87. The summed E-state index contributed by atoms with van der Waals surface area (Å²) in [4.78, 5) is 25.5. The smallest absolute Gasteiger partial charge is 0.351 e. The zero-order chi connectivity index (χ0) is 23.3. The van der Waals surface area contributed by atoms with Crippen molar-refractivity contribution in [2.75, 3.05) is 13.2 Å². The summed E-state index contributed by atoms with van der Waals surface area (Å²) >= 11 is 0. The number of esters is 2. The Hall–Kier alpha value is -2.24. The molecule has 1 aliphatic heterocycles. The third-order valence-corrected chi connectivity index (χ3v) is 5.83. The fourth-order valence-electron chi connectivity index (χ4n) is 4.03. The zero-order valence-electron chi connectivity index (χ0n) is 20.1. The van der Waals surface area contributed by atoms with E-state index in [1.165, 1.54) is 0 Å². The Morgan fingerprint density at radius 2 is 1.19 bits per heavy atom. The molecule has 180 valence electrons. The summed E-state index contributed by atoms with van der Waals surface area (Å²) in [6, 6.07) is 6.99. The standard InChI is InChI=1S/C26H40O6/c1-5-11-19(3)13-9-17-29-25(27)23-24(32-22-16-8-7-15-21(22)31-23)26(28)30-18-10-14-20(4)12-6-2/h7-8,15-16,19-20,23-24H,5-6,9-14,17-18H2,1-4H3. The van der Waals surface area contributed by atoms with Crippen LogP contribution in [0.4, 0.5) is 0 Å². The Balaban J connectivity index is 1.91. The maximum absolute atomic E-state index is 12.7. The van der Waals surface area contributed by atoms with Crippen LogP contribution in [0, 0.1) is 11.8 Å². The average molecular weight is 449 g/mol. The zero-order valence-corrected chi connectivity index (χ0v) is 20.1. The number of rotatable bonds is 14. The van der Waals surface area contributed by atoms with Gasteiger partial charge in [-0.3, -0.25) is 0 Å². The van der Waals surface area contributed by atoms with Crippen molar-refractivity contribution < 1.29 is 28.5 Å². The lowest BCUT2D eigenvalue weighted by Crippen LogP contribution is -2.51. The number of hydrogen-bond acceptors (Lipinski definition) is 6. The minimum atomic E-state index is -1.18. The summed E-state index contributed by atoms with van der Waals surface area (Å²) in [5, 5.41) is 0. The van der Waals surface area contributed by atoms with Crippen LogP contribution in [0.15, 0.2) is 24.3 Å². The van der Waals surface area contributed by atoms with E-state index in [0.29, 0.717) is 36.5 Å². The molecule has 0 aliphatic carbocycles. The molecule has 0 fully saturated rings. The maximum atomic E-state index is 12.7. The van der Waals surface area contributed by atoms with Crippen LogP contribution in [0.2, 0.25) is 0 Å². The van der Waals surface area contributed by atoms with Crippen LogP contribution in [0.1, 0.15) is 79.1 Å². The number of carbonyl (C=O) groups is 2. The first-order chi connectivity index (χ1) is 15.5. The van der Waals surface area contributed by atoms with Crippen molar-refractivity contribution in [1.82, 2.24) is 0 Å². The molecular weight excluding hydrogens is 408 g/mol. The monoisotopic (exact) mass is 448 g/mol. The minimum absolute atomic E-state index is 0.297. The molecule has 0 spiro atoms. The van der Waals surface area contributed by atoms with Crippen LogP contribution in [-0.2, 0) is 19.1 Å². The van der Waals surface area contributed by atoms with E-state index < -0.39 is 24.1 Å². The Morgan fingerprint density at radius 3 is 1.56 bits per heavy atom. The van der Waals surface area contributed by atoms with Gasteiger partial charge in [-0.2, -0.15) is 0 Å². The molecule has 0 N–H and O–H groups in total. The molecule has 6 heteroatoms. The first-order valence-electron chi connectivity index (χ1n) is 12.2. The van der Waals surface area contributed by atoms with Crippen LogP contribution in [-0.4, -0.2) is 37.4 Å². The van der Waals surface area contributed by atoms with Gasteiger partial charge in [0.1, 0.15) is 0 Å². The molecule has 0 aromatic heterocycles. The van der Waals surface area contributed by atoms with Gasteiger partial charge in [0, 0.05) is 0 Å². The Labute approximate surface area is 193 Å². The predicted molar refractivity (Wildman–Crippen MR) is 124 cm³/mol. The molecule has 1 aliphatic rings. The second-order valence-corrected chi connectivity index (χ2v) is 8.93. The van der Waals surface area contributed by atoms with Crippen LogP contribution in [0.25, 0.3) is 0 Å². The number of hydrogen-bond donors (Lipinski definition) is 0. The van der Waals surface area contributed by atoms with Crippen molar-refractivity contribution >= 4 is 11.9 Å².